The zero-order valence-corrected chi connectivity index (χ0v) is 17.8. The van der Waals surface area contributed by atoms with Crippen LogP contribution in [-0.4, -0.2) is 17.7 Å². The minimum Gasteiger partial charge on any atom is -0.308 e. The van der Waals surface area contributed by atoms with Crippen molar-refractivity contribution in [2.45, 2.75) is 18.7 Å². The van der Waals surface area contributed by atoms with Crippen LogP contribution >= 0.6 is 11.8 Å². The number of nitrogens with zero attached hydrogens (tertiary/aromatic N) is 1. The number of para-hydroxylation sites is 2. The molecule has 1 saturated heterocycles. The maximum atomic E-state index is 14.4. The molecule has 0 spiro atoms. The quantitative estimate of drug-likeness (QED) is 0.532. The lowest BCUT2D eigenvalue weighted by molar-refractivity contribution is -0.115. The van der Waals surface area contributed by atoms with E-state index in [1.54, 1.807) is 24.3 Å². The zero-order valence-electron chi connectivity index (χ0n) is 17.0. The van der Waals surface area contributed by atoms with Gasteiger partial charge in [-0.1, -0.05) is 49.4 Å². The first-order chi connectivity index (χ1) is 15.1. The molecular formula is C24H22FN3O2S. The van der Waals surface area contributed by atoms with E-state index >= 15 is 0 Å². The van der Waals surface area contributed by atoms with Crippen molar-refractivity contribution in [2.24, 2.45) is 0 Å². The third-order valence-electron chi connectivity index (χ3n) is 5.06. The number of rotatable bonds is 5. The number of carbonyl (C=O) groups is 2. The third-order valence-corrected chi connectivity index (χ3v) is 6.27. The molecule has 0 saturated carbocycles. The van der Waals surface area contributed by atoms with E-state index in [2.05, 4.69) is 10.6 Å². The number of carbonyl (C=O) groups excluding carboxylic acids is 2. The summed E-state index contributed by atoms with van der Waals surface area (Å²) in [7, 11) is 0. The zero-order chi connectivity index (χ0) is 21.8. The smallest absolute Gasteiger partial charge is 0.308 e. The summed E-state index contributed by atoms with van der Waals surface area (Å²) in [6.07, 6.45) is 0.810. The molecule has 1 heterocycles. The molecule has 5 nitrogen and oxygen atoms in total. The van der Waals surface area contributed by atoms with E-state index in [0.717, 1.165) is 23.2 Å². The minimum absolute atomic E-state index is 0.146. The molecular weight excluding hydrogens is 413 g/mol. The first-order valence-corrected chi connectivity index (χ1v) is 11.1. The number of amides is 3. The standard InChI is InChI=1S/C24H22FN3O2S/c1-2-16-8-3-5-12-20(16)27-24(30)26-18-10-7-9-17(14-18)23-28(22(29)15-31-23)21-13-6-4-11-19(21)25/h3-14,23H,2,15H2,1H3,(H2,26,27,30)/t23-/m1/s1. The van der Waals surface area contributed by atoms with E-state index in [1.165, 1.54) is 22.7 Å². The van der Waals surface area contributed by atoms with Gasteiger partial charge in [0.2, 0.25) is 5.91 Å². The van der Waals surface area contributed by atoms with Crippen LogP contribution in [0, 0.1) is 5.82 Å². The fourth-order valence-electron chi connectivity index (χ4n) is 3.58. The fraction of sp³-hybridized carbons (Fsp3) is 0.167. The fourth-order valence-corrected chi connectivity index (χ4v) is 4.74. The van der Waals surface area contributed by atoms with E-state index in [4.69, 9.17) is 0 Å². The lowest BCUT2D eigenvalue weighted by Crippen LogP contribution is -2.28. The molecule has 1 aliphatic rings. The van der Waals surface area contributed by atoms with E-state index in [0.29, 0.717) is 5.69 Å². The highest BCUT2D eigenvalue weighted by molar-refractivity contribution is 8.00. The molecule has 1 aliphatic heterocycles. The molecule has 0 radical (unpaired) electrons. The number of hydrogen-bond acceptors (Lipinski definition) is 3. The van der Waals surface area contributed by atoms with Crippen LogP contribution in [0.3, 0.4) is 0 Å². The van der Waals surface area contributed by atoms with Crippen molar-refractivity contribution in [3.63, 3.8) is 0 Å². The van der Waals surface area contributed by atoms with Gasteiger partial charge in [-0.2, -0.15) is 0 Å². The van der Waals surface area contributed by atoms with Gasteiger partial charge in [0.1, 0.15) is 11.2 Å². The van der Waals surface area contributed by atoms with Crippen LogP contribution in [0.2, 0.25) is 0 Å². The van der Waals surface area contributed by atoms with Gasteiger partial charge >= 0.3 is 6.03 Å². The van der Waals surface area contributed by atoms with Gasteiger partial charge in [0.05, 0.1) is 11.4 Å². The number of anilines is 3. The molecule has 1 fully saturated rings. The summed E-state index contributed by atoms with van der Waals surface area (Å²) in [5.41, 5.74) is 3.48. The highest BCUT2D eigenvalue weighted by Crippen LogP contribution is 2.42. The Balaban J connectivity index is 1.53. The maximum Gasteiger partial charge on any atom is 0.323 e. The normalized spacial score (nSPS) is 15.7. The molecule has 7 heteroatoms. The van der Waals surface area contributed by atoms with Crippen LogP contribution in [0.1, 0.15) is 23.4 Å². The van der Waals surface area contributed by atoms with Crippen molar-refractivity contribution in [3.8, 4) is 0 Å². The molecule has 3 aromatic rings. The van der Waals surface area contributed by atoms with Gasteiger partial charge in [-0.3, -0.25) is 9.69 Å². The molecule has 0 aromatic heterocycles. The van der Waals surface area contributed by atoms with E-state index < -0.39 is 5.82 Å². The molecule has 31 heavy (non-hydrogen) atoms. The first-order valence-electron chi connectivity index (χ1n) is 10.0. The lowest BCUT2D eigenvalue weighted by atomic mass is 10.1. The predicted molar refractivity (Wildman–Crippen MR) is 124 cm³/mol. The topological polar surface area (TPSA) is 61.4 Å². The summed E-state index contributed by atoms with van der Waals surface area (Å²) >= 11 is 1.43. The number of benzene rings is 3. The van der Waals surface area contributed by atoms with Gasteiger partial charge in [-0.25, -0.2) is 9.18 Å². The Labute approximate surface area is 184 Å². The second kappa shape index (κ2) is 9.22. The first kappa shape index (κ1) is 20.9. The molecule has 2 N–H and O–H groups in total. The minimum atomic E-state index is -0.438. The number of urea groups is 1. The lowest BCUT2D eigenvalue weighted by Gasteiger charge is -2.25. The van der Waals surface area contributed by atoms with Crippen LogP contribution in [0.5, 0.6) is 0 Å². The second-order valence-electron chi connectivity index (χ2n) is 7.09. The van der Waals surface area contributed by atoms with Crippen LogP contribution in [0.15, 0.2) is 72.8 Å². The molecule has 3 amide bonds. The van der Waals surface area contributed by atoms with Crippen LogP contribution in [-0.2, 0) is 11.2 Å². The summed E-state index contributed by atoms with van der Waals surface area (Å²) in [6.45, 7) is 2.03. The summed E-state index contributed by atoms with van der Waals surface area (Å²) < 4.78 is 14.4. The van der Waals surface area contributed by atoms with Crippen molar-refractivity contribution in [1.82, 2.24) is 0 Å². The van der Waals surface area contributed by atoms with Crippen LogP contribution < -0.4 is 15.5 Å². The Kier molecular flexibility index (Phi) is 6.23. The monoisotopic (exact) mass is 435 g/mol. The number of thioether (sulfide) groups is 1. The Morgan fingerprint density at radius 1 is 1.06 bits per heavy atom. The van der Waals surface area contributed by atoms with Gasteiger partial charge in [-0.15, -0.1) is 11.8 Å². The summed E-state index contributed by atoms with van der Waals surface area (Å²) in [6, 6.07) is 20.8. The Bertz CT molecular complexity index is 1120. The van der Waals surface area contributed by atoms with E-state index in [1.807, 2.05) is 49.4 Å². The van der Waals surface area contributed by atoms with Crippen molar-refractivity contribution in [1.29, 1.82) is 0 Å². The van der Waals surface area contributed by atoms with Crippen LogP contribution in [0.25, 0.3) is 0 Å². The van der Waals surface area contributed by atoms with Crippen LogP contribution in [0.4, 0.5) is 26.2 Å². The third kappa shape index (κ3) is 4.56. The van der Waals surface area contributed by atoms with Gasteiger partial charge < -0.3 is 10.6 Å². The Morgan fingerprint density at radius 3 is 2.65 bits per heavy atom. The maximum absolute atomic E-state index is 14.4. The number of aryl methyl sites for hydroxylation is 1. The van der Waals surface area contributed by atoms with Crippen molar-refractivity contribution >= 4 is 40.8 Å². The van der Waals surface area contributed by atoms with Crippen molar-refractivity contribution < 1.29 is 14.0 Å². The van der Waals surface area contributed by atoms with Gasteiger partial charge in [-0.05, 0) is 47.9 Å². The van der Waals surface area contributed by atoms with Crippen molar-refractivity contribution in [2.75, 3.05) is 21.3 Å². The van der Waals surface area contributed by atoms with E-state index in [9.17, 15) is 14.0 Å². The number of halogens is 1. The number of hydrogen-bond donors (Lipinski definition) is 2. The molecule has 0 unspecified atom stereocenters. The SMILES string of the molecule is CCc1ccccc1NC(=O)Nc1cccc([C@H]2SCC(=O)N2c2ccccc2F)c1. The highest BCUT2D eigenvalue weighted by Gasteiger charge is 2.35. The molecule has 0 bridgehead atoms. The van der Waals surface area contributed by atoms with Gasteiger partial charge in [0.25, 0.3) is 0 Å². The van der Waals surface area contributed by atoms with Crippen molar-refractivity contribution in [3.05, 3.63) is 89.7 Å². The second-order valence-corrected chi connectivity index (χ2v) is 8.16. The average molecular weight is 436 g/mol. The Hall–Kier alpha value is -3.32. The number of nitrogens with one attached hydrogen (secondary N) is 2. The summed E-state index contributed by atoms with van der Waals surface area (Å²) in [5, 5.41) is 5.36. The molecule has 0 aliphatic carbocycles. The molecule has 1 atom stereocenters. The highest BCUT2D eigenvalue weighted by atomic mass is 32.2. The molecule has 4 rings (SSSR count). The van der Waals surface area contributed by atoms with Gasteiger partial charge in [0.15, 0.2) is 0 Å². The van der Waals surface area contributed by atoms with Gasteiger partial charge in [0, 0.05) is 11.4 Å². The summed E-state index contributed by atoms with van der Waals surface area (Å²) in [4.78, 5) is 26.5. The molecule has 158 valence electrons. The summed E-state index contributed by atoms with van der Waals surface area (Å²) in [5.74, 6) is -0.315. The largest absolute Gasteiger partial charge is 0.323 e. The average Bonchev–Trinajstić information content (AvgIpc) is 3.16. The predicted octanol–water partition coefficient (Wildman–Crippen LogP) is 5.81. The molecule has 3 aromatic carbocycles. The Morgan fingerprint density at radius 2 is 1.84 bits per heavy atom. The van der Waals surface area contributed by atoms with E-state index in [-0.39, 0.29) is 28.8 Å².